The van der Waals surface area contributed by atoms with E-state index in [4.69, 9.17) is 5.73 Å². The summed E-state index contributed by atoms with van der Waals surface area (Å²) in [6.45, 7) is 1.42. The predicted molar refractivity (Wildman–Crippen MR) is 150 cm³/mol. The number of phenolic OH excluding ortho intramolecular Hbond substituents is 2. The number of carbonyl (C=O) groups is 4. The molecule has 0 saturated carbocycles. The van der Waals surface area contributed by atoms with Crippen molar-refractivity contribution in [3.8, 4) is 11.5 Å². The second-order valence-electron chi connectivity index (χ2n) is 10.6. The predicted octanol–water partition coefficient (Wildman–Crippen LogP) is 0.650. The number of Topliss-reactive ketones (excluding diaryl/α,β-unsaturated/α-hetero) is 2. The van der Waals surface area contributed by atoms with Crippen LogP contribution in [0.15, 0.2) is 47.9 Å². The second-order valence-corrected chi connectivity index (χ2v) is 10.6. The van der Waals surface area contributed by atoms with E-state index in [1.807, 2.05) is 0 Å². The Labute approximate surface area is 239 Å². The number of hydrogen-bond donors (Lipinski definition) is 7. The number of aryl methyl sites for hydroxylation is 1. The van der Waals surface area contributed by atoms with Crippen molar-refractivity contribution >= 4 is 40.0 Å². The van der Waals surface area contributed by atoms with Gasteiger partial charge < -0.3 is 36.8 Å². The van der Waals surface area contributed by atoms with E-state index >= 15 is 0 Å². The van der Waals surface area contributed by atoms with Gasteiger partial charge in [-0.1, -0.05) is 12.1 Å². The van der Waals surface area contributed by atoms with Gasteiger partial charge >= 0.3 is 0 Å². The van der Waals surface area contributed by atoms with Gasteiger partial charge in [-0.3, -0.25) is 24.1 Å². The van der Waals surface area contributed by atoms with Crippen LogP contribution in [-0.4, -0.2) is 86.1 Å². The van der Waals surface area contributed by atoms with Crippen molar-refractivity contribution < 1.29 is 39.6 Å². The number of aliphatic hydroxyl groups excluding tert-OH is 1. The van der Waals surface area contributed by atoms with E-state index in [0.29, 0.717) is 16.5 Å². The Kier molecular flexibility index (Phi) is 6.87. The first-order chi connectivity index (χ1) is 19.8. The first-order valence-corrected chi connectivity index (χ1v) is 13.0. The van der Waals surface area contributed by atoms with Crippen LogP contribution in [0.25, 0.3) is 10.8 Å². The molecule has 5 rings (SSSR count). The van der Waals surface area contributed by atoms with E-state index < -0.39 is 58.0 Å². The quantitative estimate of drug-likeness (QED) is 0.160. The molecular weight excluding hydrogens is 546 g/mol. The molecule has 8 N–H and O–H groups in total. The second kappa shape index (κ2) is 10.1. The summed E-state index contributed by atoms with van der Waals surface area (Å²) in [4.78, 5) is 57.6. The van der Waals surface area contributed by atoms with Crippen LogP contribution in [0.1, 0.15) is 31.8 Å². The minimum atomic E-state index is -2.73. The molecule has 2 aliphatic rings. The average molecular weight is 576 g/mol. The molecule has 2 amide bonds. The maximum Gasteiger partial charge on any atom is 0.259 e. The highest BCUT2D eigenvalue weighted by atomic mass is 16.3. The van der Waals surface area contributed by atoms with Crippen LogP contribution in [0.4, 0.5) is 5.82 Å². The van der Waals surface area contributed by atoms with Gasteiger partial charge in [0.25, 0.3) is 5.91 Å². The van der Waals surface area contributed by atoms with Crippen LogP contribution in [0.3, 0.4) is 0 Å². The number of benzene rings is 2. The van der Waals surface area contributed by atoms with Crippen molar-refractivity contribution in [1.82, 2.24) is 15.2 Å². The fourth-order valence-corrected chi connectivity index (χ4v) is 5.97. The minimum Gasteiger partial charge on any atom is -0.508 e. The number of aromatic nitrogens is 1. The number of fused-ring (bicyclic) bond motifs is 3. The number of carbonyl (C=O) groups excluding carboxylic acids is 4. The highest BCUT2D eigenvalue weighted by Crippen LogP contribution is 2.50. The molecule has 0 radical (unpaired) electrons. The summed E-state index contributed by atoms with van der Waals surface area (Å²) in [6.07, 6.45) is 1.14. The van der Waals surface area contributed by atoms with Gasteiger partial charge in [0, 0.05) is 12.1 Å². The molecule has 0 unspecified atom stereocenters. The van der Waals surface area contributed by atoms with Crippen molar-refractivity contribution in [2.75, 3.05) is 26.1 Å². The smallest absolute Gasteiger partial charge is 0.259 e. The molecule has 3 atom stereocenters. The highest BCUT2D eigenvalue weighted by Gasteiger charge is 2.62. The van der Waals surface area contributed by atoms with Gasteiger partial charge in [-0.15, -0.1) is 0 Å². The Morgan fingerprint density at radius 1 is 1.14 bits per heavy atom. The van der Waals surface area contributed by atoms with Crippen molar-refractivity contribution in [2.24, 2.45) is 11.7 Å². The Balaban J connectivity index is 1.55. The third kappa shape index (κ3) is 4.13. The van der Waals surface area contributed by atoms with E-state index in [1.165, 1.54) is 29.3 Å². The van der Waals surface area contributed by atoms with E-state index in [2.05, 4.69) is 15.6 Å². The first-order valence-electron chi connectivity index (χ1n) is 13.0. The number of hydrogen-bond acceptors (Lipinski definition) is 11. The summed E-state index contributed by atoms with van der Waals surface area (Å²) in [5.74, 6) is -6.54. The van der Waals surface area contributed by atoms with Gasteiger partial charge in [-0.05, 0) is 62.2 Å². The molecule has 13 heteroatoms. The number of aromatic hydroxyl groups is 2. The Hall–Kier alpha value is -5.01. The average Bonchev–Trinajstić information content (AvgIpc) is 2.93. The SMILES string of the molecule is Cc1c2c(c(O)c3c(O)cccc13)C(=O)[C@@]1(O)C(O)=C(C(=O)NCNc3ccc(C(N)=O)cn3)C(=O)[C@H](N(C)C)[C@@H]1C2. The number of aliphatic hydroxyl groups is 2. The zero-order valence-electron chi connectivity index (χ0n) is 22.9. The molecule has 2 aliphatic carbocycles. The van der Waals surface area contributed by atoms with Crippen molar-refractivity contribution in [3.63, 3.8) is 0 Å². The number of pyridine rings is 1. The zero-order valence-corrected chi connectivity index (χ0v) is 22.9. The van der Waals surface area contributed by atoms with Crippen LogP contribution in [0.2, 0.25) is 0 Å². The van der Waals surface area contributed by atoms with Gasteiger partial charge in [0.1, 0.15) is 28.6 Å². The minimum absolute atomic E-state index is 0.00479. The molecular formula is C29H29N5O8. The van der Waals surface area contributed by atoms with E-state index in [1.54, 1.807) is 33.2 Å². The highest BCUT2D eigenvalue weighted by molar-refractivity contribution is 6.25. The van der Waals surface area contributed by atoms with E-state index in [9.17, 15) is 39.6 Å². The molecule has 0 bridgehead atoms. The lowest BCUT2D eigenvalue weighted by Crippen LogP contribution is -2.65. The molecule has 13 nitrogen and oxygen atoms in total. The van der Waals surface area contributed by atoms with E-state index in [-0.39, 0.29) is 41.2 Å². The summed E-state index contributed by atoms with van der Waals surface area (Å²) in [6, 6.07) is 6.27. The molecule has 0 saturated heterocycles. The van der Waals surface area contributed by atoms with E-state index in [0.717, 1.165) is 0 Å². The molecule has 218 valence electrons. The van der Waals surface area contributed by atoms with Gasteiger partial charge in [0.05, 0.1) is 29.2 Å². The Morgan fingerprint density at radius 3 is 2.48 bits per heavy atom. The lowest BCUT2D eigenvalue weighted by atomic mass is 9.61. The maximum absolute atomic E-state index is 14.0. The Bertz CT molecular complexity index is 1720. The van der Waals surface area contributed by atoms with Crippen LogP contribution >= 0.6 is 0 Å². The monoisotopic (exact) mass is 575 g/mol. The summed E-state index contributed by atoms with van der Waals surface area (Å²) in [5, 5.41) is 50.5. The van der Waals surface area contributed by atoms with Crippen molar-refractivity contribution in [2.45, 2.75) is 25.0 Å². The summed E-state index contributed by atoms with van der Waals surface area (Å²) in [7, 11) is 3.10. The molecule has 0 spiro atoms. The number of nitrogens with one attached hydrogen (secondary N) is 2. The fraction of sp³-hybridized carbons (Fsp3) is 0.276. The maximum atomic E-state index is 14.0. The van der Waals surface area contributed by atoms with Crippen LogP contribution in [0, 0.1) is 12.8 Å². The molecule has 1 heterocycles. The number of anilines is 1. The number of ketones is 2. The molecule has 42 heavy (non-hydrogen) atoms. The van der Waals surface area contributed by atoms with Gasteiger partial charge in [-0.25, -0.2) is 4.98 Å². The number of likely N-dealkylation sites (N-methyl/N-ethyl adjacent to an activating group) is 1. The standard InChI is InChI=1S/C29H29N5O8/c1-12-14-5-4-6-17(35)19(14)23(36)20-15(12)9-16-22(34(2)3)24(37)21(26(39)29(16,42)25(20)38)28(41)33-11-32-18-8-7-13(10-31-18)27(30)40/h4-8,10,16,22,35-36,39,42H,9,11H2,1-3H3,(H2,30,40)(H,31,32)(H,33,41)/t16-,22+,29+/m0/s1. The normalized spacial score (nSPS) is 21.7. The van der Waals surface area contributed by atoms with Gasteiger partial charge in [0.2, 0.25) is 11.7 Å². The van der Waals surface area contributed by atoms with Crippen LogP contribution in [0.5, 0.6) is 11.5 Å². The number of nitrogens with two attached hydrogens (primary N) is 1. The topological polar surface area (TPSA) is 215 Å². The van der Waals surface area contributed by atoms with Gasteiger partial charge in [-0.2, -0.15) is 0 Å². The first kappa shape index (κ1) is 28.5. The van der Waals surface area contributed by atoms with Crippen molar-refractivity contribution in [1.29, 1.82) is 0 Å². The zero-order chi connectivity index (χ0) is 30.7. The van der Waals surface area contributed by atoms with Crippen molar-refractivity contribution in [3.05, 3.63) is 70.1 Å². The number of primary amides is 1. The number of amides is 2. The fourth-order valence-electron chi connectivity index (χ4n) is 5.97. The summed E-state index contributed by atoms with van der Waals surface area (Å²) in [5.41, 5.74) is 2.46. The largest absolute Gasteiger partial charge is 0.508 e. The lowest BCUT2D eigenvalue weighted by molar-refractivity contribution is -0.132. The summed E-state index contributed by atoms with van der Waals surface area (Å²) < 4.78 is 0. The third-order valence-corrected chi connectivity index (χ3v) is 8.05. The summed E-state index contributed by atoms with van der Waals surface area (Å²) >= 11 is 0. The lowest BCUT2D eigenvalue weighted by Gasteiger charge is -2.47. The molecule has 3 aromatic rings. The van der Waals surface area contributed by atoms with Crippen LogP contribution in [-0.2, 0) is 16.0 Å². The number of nitrogens with zero attached hydrogens (tertiary/aromatic N) is 2. The van der Waals surface area contributed by atoms with Crippen LogP contribution < -0.4 is 16.4 Å². The number of phenols is 2. The third-order valence-electron chi connectivity index (χ3n) is 8.05. The molecule has 0 aliphatic heterocycles. The van der Waals surface area contributed by atoms with Gasteiger partial charge in [0.15, 0.2) is 11.4 Å². The Morgan fingerprint density at radius 2 is 1.86 bits per heavy atom. The number of rotatable bonds is 6. The molecule has 2 aromatic carbocycles. The molecule has 0 fully saturated rings. The molecule has 1 aromatic heterocycles.